The van der Waals surface area contributed by atoms with Crippen LogP contribution in [0.5, 0.6) is 11.5 Å². The standard InChI is InChI=1S/C39H51F2N3O7S/c1-6-7-24-49-31-17-14-29(15-18-31)39(40,41)35(36(45)44-22-20-30(21-23-44)42-37(46)51-38(2,3)4)43(5)52(47,48)34-19-13-27-25-33(16-12-28(27)26-34)50-32-10-8-9-11-32/h12-19,25-26,30,32,35H,6-11,20-24H2,1-5H3,(H,42,46). The molecule has 1 atom stereocenters. The van der Waals surface area contributed by atoms with E-state index in [4.69, 9.17) is 14.2 Å². The number of alkyl halides is 2. The molecule has 10 nitrogen and oxygen atoms in total. The number of likely N-dealkylation sites (tertiary alicyclic amines) is 1. The lowest BCUT2D eigenvalue weighted by Crippen LogP contribution is -2.58. The van der Waals surface area contributed by atoms with Gasteiger partial charge in [0.2, 0.25) is 15.9 Å². The number of nitrogens with zero attached hydrogens (tertiary/aromatic N) is 2. The Morgan fingerprint density at radius 2 is 1.54 bits per heavy atom. The Labute approximate surface area is 305 Å². The number of hydrogen-bond acceptors (Lipinski definition) is 7. The first kappa shape index (κ1) is 39.2. The SMILES string of the molecule is CCCCOc1ccc(C(F)(F)C(C(=O)N2CCC(NC(=O)OC(C)(C)C)CC2)N(C)S(=O)(=O)c2ccc3cc(OC4CCCC4)ccc3c2)cc1. The molecule has 1 aliphatic heterocycles. The van der Waals surface area contributed by atoms with Crippen LogP contribution in [0.25, 0.3) is 10.8 Å². The van der Waals surface area contributed by atoms with Gasteiger partial charge in [-0.25, -0.2) is 13.2 Å². The third-order valence-electron chi connectivity index (χ3n) is 9.54. The topological polar surface area (TPSA) is 114 Å². The molecule has 1 heterocycles. The van der Waals surface area contributed by atoms with Crippen molar-refractivity contribution in [2.45, 2.75) is 114 Å². The lowest BCUT2D eigenvalue weighted by Gasteiger charge is -2.39. The quantitative estimate of drug-likeness (QED) is 0.179. The summed E-state index contributed by atoms with van der Waals surface area (Å²) >= 11 is 0. The summed E-state index contributed by atoms with van der Waals surface area (Å²) in [5.41, 5.74) is -1.22. The number of hydrogen-bond donors (Lipinski definition) is 1. The number of likely N-dealkylation sites (N-methyl/N-ethyl adjacent to an activating group) is 1. The van der Waals surface area contributed by atoms with Crippen LogP contribution in [0.4, 0.5) is 13.6 Å². The van der Waals surface area contributed by atoms with Crippen LogP contribution in [0.1, 0.15) is 84.6 Å². The zero-order valence-corrected chi connectivity index (χ0v) is 31.5. The minimum atomic E-state index is -4.62. The number of carbonyl (C=O) groups excluding carboxylic acids is 2. The number of carbonyl (C=O) groups is 2. The molecular weight excluding hydrogens is 693 g/mol. The molecule has 5 rings (SSSR count). The van der Waals surface area contributed by atoms with E-state index in [9.17, 15) is 18.0 Å². The monoisotopic (exact) mass is 743 g/mol. The van der Waals surface area contributed by atoms with E-state index in [1.165, 1.54) is 41.3 Å². The maximum absolute atomic E-state index is 16.7. The van der Waals surface area contributed by atoms with Crippen molar-refractivity contribution in [2.75, 3.05) is 26.7 Å². The van der Waals surface area contributed by atoms with E-state index >= 15 is 8.78 Å². The van der Waals surface area contributed by atoms with Crippen LogP contribution in [-0.4, -0.2) is 80.2 Å². The zero-order valence-electron chi connectivity index (χ0n) is 30.7. The molecule has 3 aromatic rings. The van der Waals surface area contributed by atoms with Gasteiger partial charge < -0.3 is 24.4 Å². The molecule has 1 aliphatic carbocycles. The molecule has 13 heteroatoms. The average molecular weight is 744 g/mol. The Bertz CT molecular complexity index is 1800. The first-order valence-corrected chi connectivity index (χ1v) is 19.6. The largest absolute Gasteiger partial charge is 0.494 e. The molecule has 2 aliphatic rings. The Hall–Kier alpha value is -3.97. The highest BCUT2D eigenvalue weighted by Gasteiger charge is 2.53. The summed E-state index contributed by atoms with van der Waals surface area (Å²) in [6.45, 7) is 7.73. The van der Waals surface area contributed by atoms with Crippen molar-refractivity contribution in [2.24, 2.45) is 0 Å². The molecular formula is C39H51F2N3O7S. The third-order valence-corrected chi connectivity index (χ3v) is 11.4. The molecule has 2 amide bonds. The maximum atomic E-state index is 16.7. The number of benzene rings is 3. The van der Waals surface area contributed by atoms with Gasteiger partial charge in [0.1, 0.15) is 17.1 Å². The molecule has 1 N–H and O–H groups in total. The number of fused-ring (bicyclic) bond motifs is 1. The molecule has 284 valence electrons. The number of sulfonamides is 1. The number of alkyl carbamates (subject to hydrolysis) is 1. The highest BCUT2D eigenvalue weighted by Crippen LogP contribution is 2.39. The van der Waals surface area contributed by atoms with Gasteiger partial charge in [0.05, 0.1) is 17.6 Å². The number of halogens is 2. The second-order valence-corrected chi connectivity index (χ2v) is 16.7. The zero-order chi connectivity index (χ0) is 37.7. The minimum Gasteiger partial charge on any atom is -0.494 e. The van der Waals surface area contributed by atoms with Crippen molar-refractivity contribution >= 4 is 32.8 Å². The van der Waals surface area contributed by atoms with Crippen LogP contribution in [0.3, 0.4) is 0 Å². The lowest BCUT2D eigenvalue weighted by atomic mass is 9.98. The van der Waals surface area contributed by atoms with Crippen molar-refractivity contribution in [3.63, 3.8) is 0 Å². The second kappa shape index (κ2) is 16.4. The Balaban J connectivity index is 1.41. The number of amides is 2. The van der Waals surface area contributed by atoms with Crippen molar-refractivity contribution < 1.29 is 41.0 Å². The second-order valence-electron chi connectivity index (χ2n) is 14.7. The highest BCUT2D eigenvalue weighted by atomic mass is 32.2. The number of ether oxygens (including phenoxy) is 3. The smallest absolute Gasteiger partial charge is 0.407 e. The Morgan fingerprint density at radius 3 is 2.17 bits per heavy atom. The summed E-state index contributed by atoms with van der Waals surface area (Å²) in [6, 6.07) is 12.2. The number of nitrogens with one attached hydrogen (secondary N) is 1. The van der Waals surface area contributed by atoms with E-state index in [0.717, 1.165) is 51.0 Å². The first-order chi connectivity index (χ1) is 24.6. The molecule has 2 fully saturated rings. The van der Waals surface area contributed by atoms with Crippen LogP contribution < -0.4 is 14.8 Å². The van der Waals surface area contributed by atoms with Crippen molar-refractivity contribution in [1.29, 1.82) is 0 Å². The Morgan fingerprint density at radius 1 is 0.923 bits per heavy atom. The van der Waals surface area contributed by atoms with Gasteiger partial charge in [-0.3, -0.25) is 4.79 Å². The van der Waals surface area contributed by atoms with Gasteiger partial charge in [-0.2, -0.15) is 13.1 Å². The maximum Gasteiger partial charge on any atom is 0.407 e. The lowest BCUT2D eigenvalue weighted by molar-refractivity contribution is -0.151. The van der Waals surface area contributed by atoms with E-state index in [1.54, 1.807) is 39.0 Å². The predicted octanol–water partition coefficient (Wildman–Crippen LogP) is 7.64. The van der Waals surface area contributed by atoms with Crippen LogP contribution in [-0.2, 0) is 25.5 Å². The summed E-state index contributed by atoms with van der Waals surface area (Å²) in [7, 11) is -3.60. The summed E-state index contributed by atoms with van der Waals surface area (Å²) in [5.74, 6) is -3.89. The summed E-state index contributed by atoms with van der Waals surface area (Å²) in [6.07, 6.45) is 6.03. The molecule has 1 saturated carbocycles. The van der Waals surface area contributed by atoms with E-state index in [2.05, 4.69) is 5.32 Å². The van der Waals surface area contributed by atoms with Crippen molar-refractivity contribution in [1.82, 2.24) is 14.5 Å². The fraction of sp³-hybridized carbons (Fsp3) is 0.538. The van der Waals surface area contributed by atoms with Gasteiger partial charge in [0.25, 0.3) is 5.92 Å². The molecule has 0 aromatic heterocycles. The molecule has 1 saturated heterocycles. The molecule has 1 unspecified atom stereocenters. The normalized spacial score (nSPS) is 17.0. The molecule has 3 aromatic carbocycles. The van der Waals surface area contributed by atoms with Crippen molar-refractivity contribution in [3.8, 4) is 11.5 Å². The summed E-state index contributed by atoms with van der Waals surface area (Å²) in [4.78, 5) is 27.5. The number of unbranched alkanes of at least 4 members (excludes halogenated alkanes) is 1. The molecule has 0 radical (unpaired) electrons. The van der Waals surface area contributed by atoms with Crippen LogP contribution in [0.15, 0.2) is 65.6 Å². The van der Waals surface area contributed by atoms with E-state index < -0.39 is 45.2 Å². The number of rotatable bonds is 13. The summed E-state index contributed by atoms with van der Waals surface area (Å²) < 4.78 is 79.4. The third kappa shape index (κ3) is 9.52. The molecule has 0 spiro atoms. The fourth-order valence-electron chi connectivity index (χ4n) is 6.64. The van der Waals surface area contributed by atoms with E-state index in [1.807, 2.05) is 13.0 Å². The van der Waals surface area contributed by atoms with E-state index in [0.29, 0.717) is 27.8 Å². The summed E-state index contributed by atoms with van der Waals surface area (Å²) in [5, 5.41) is 4.09. The van der Waals surface area contributed by atoms with Gasteiger partial charge in [0, 0.05) is 31.7 Å². The van der Waals surface area contributed by atoms with Crippen LogP contribution in [0, 0.1) is 0 Å². The van der Waals surface area contributed by atoms with Crippen LogP contribution in [0.2, 0.25) is 0 Å². The molecule has 0 bridgehead atoms. The van der Waals surface area contributed by atoms with E-state index in [-0.39, 0.29) is 43.0 Å². The van der Waals surface area contributed by atoms with Gasteiger partial charge in [-0.1, -0.05) is 25.5 Å². The van der Waals surface area contributed by atoms with Gasteiger partial charge in [0.15, 0.2) is 6.04 Å². The molecule has 52 heavy (non-hydrogen) atoms. The highest BCUT2D eigenvalue weighted by molar-refractivity contribution is 7.89. The number of piperidine rings is 1. The minimum absolute atomic E-state index is 0.0329. The Kier molecular flexibility index (Phi) is 12.4. The van der Waals surface area contributed by atoms with Gasteiger partial charge in [-0.15, -0.1) is 0 Å². The fourth-order valence-corrected chi connectivity index (χ4v) is 7.98. The first-order valence-electron chi connectivity index (χ1n) is 18.2. The average Bonchev–Trinajstić information content (AvgIpc) is 3.61. The predicted molar refractivity (Wildman–Crippen MR) is 195 cm³/mol. The van der Waals surface area contributed by atoms with Crippen molar-refractivity contribution in [3.05, 3.63) is 66.2 Å². The van der Waals surface area contributed by atoms with Gasteiger partial charge >= 0.3 is 6.09 Å². The van der Waals surface area contributed by atoms with Gasteiger partial charge in [-0.05, 0) is 125 Å². The van der Waals surface area contributed by atoms with Crippen LogP contribution >= 0.6 is 0 Å².